The zero-order valence-corrected chi connectivity index (χ0v) is 25.5. The molecule has 0 aliphatic carbocycles. The van der Waals surface area contributed by atoms with Crippen molar-refractivity contribution in [2.45, 2.75) is 45.2 Å². The minimum absolute atomic E-state index is 0.0304. The van der Waals surface area contributed by atoms with E-state index in [1.165, 1.54) is 12.8 Å². The minimum atomic E-state index is -0.120. The molecule has 2 saturated heterocycles. The summed E-state index contributed by atoms with van der Waals surface area (Å²) in [5.41, 5.74) is 3.56. The van der Waals surface area contributed by atoms with Gasteiger partial charge in [-0.3, -0.25) is 14.6 Å². The Bertz CT molecular complexity index is 1510. The van der Waals surface area contributed by atoms with Crippen LogP contribution in [0.1, 0.15) is 44.0 Å². The number of nitrogens with one attached hydrogen (secondary N) is 2. The van der Waals surface area contributed by atoms with Gasteiger partial charge in [0, 0.05) is 30.9 Å². The molecule has 0 spiro atoms. The number of thiophene rings is 1. The van der Waals surface area contributed by atoms with E-state index in [0.717, 1.165) is 42.3 Å². The van der Waals surface area contributed by atoms with Gasteiger partial charge in [-0.15, -0.1) is 11.3 Å². The molecule has 222 valence electrons. The summed E-state index contributed by atoms with van der Waals surface area (Å²) in [4.78, 5) is 29.4. The van der Waals surface area contributed by atoms with Gasteiger partial charge in [0.1, 0.15) is 5.82 Å². The molecule has 2 aliphatic heterocycles. The lowest BCUT2D eigenvalue weighted by molar-refractivity contribution is -0.125. The number of likely N-dealkylation sites (tertiary alicyclic amines) is 1. The molecule has 2 fully saturated rings. The molecule has 1 unspecified atom stereocenters. The first-order valence-corrected chi connectivity index (χ1v) is 15.9. The van der Waals surface area contributed by atoms with Gasteiger partial charge in [-0.2, -0.15) is 5.10 Å². The van der Waals surface area contributed by atoms with E-state index in [4.69, 9.17) is 14.7 Å². The third-order valence-corrected chi connectivity index (χ3v) is 9.51. The molecule has 1 amide bonds. The second-order valence-corrected chi connectivity index (χ2v) is 12.2. The number of hydrogen-bond acceptors (Lipinski definition) is 9. The van der Waals surface area contributed by atoms with Gasteiger partial charge >= 0.3 is 0 Å². The third-order valence-electron chi connectivity index (χ3n) is 8.62. The van der Waals surface area contributed by atoms with E-state index in [1.807, 2.05) is 35.8 Å². The quantitative estimate of drug-likeness (QED) is 0.253. The summed E-state index contributed by atoms with van der Waals surface area (Å²) in [5, 5.41) is 13.3. The van der Waals surface area contributed by atoms with E-state index in [1.54, 1.807) is 22.0 Å². The van der Waals surface area contributed by atoms with Crippen LogP contribution in [-0.4, -0.2) is 99.4 Å². The lowest BCUT2D eigenvalue weighted by Crippen LogP contribution is -2.65. The molecule has 2 N–H and O–H groups in total. The number of ether oxygens (including phenoxy) is 1. The van der Waals surface area contributed by atoms with Crippen LogP contribution in [0.3, 0.4) is 0 Å². The molecule has 11 heteroatoms. The van der Waals surface area contributed by atoms with E-state index in [2.05, 4.69) is 52.4 Å². The Morgan fingerprint density at radius 1 is 1.14 bits per heavy atom. The van der Waals surface area contributed by atoms with Crippen molar-refractivity contribution in [1.29, 1.82) is 0 Å². The summed E-state index contributed by atoms with van der Waals surface area (Å²) >= 11 is 1.65. The standard InChI is InChI=1S/C31H40N8O2S/c1-4-37(5-2)22(3)17-32-30(40)23-15-26(24-18-34-39-13-10-25(36-29(24)39)27-9-8-14-42-27)35-28(16-23)33-19-31(20-41-21-31)38-11-6-7-12-38/h8-10,13-16,18,22H,4-7,11-12,17,19-21H2,1-3H3,(H,32,40)(H,33,35). The summed E-state index contributed by atoms with van der Waals surface area (Å²) in [7, 11) is 0. The molecule has 4 aromatic rings. The molecule has 2 aliphatic rings. The molecule has 0 saturated carbocycles. The van der Waals surface area contributed by atoms with E-state index in [0.29, 0.717) is 49.0 Å². The number of anilines is 1. The molecule has 6 rings (SSSR count). The van der Waals surface area contributed by atoms with Crippen LogP contribution in [0, 0.1) is 0 Å². The number of rotatable bonds is 12. The number of likely N-dealkylation sites (N-methyl/N-ethyl adjacent to an activating group) is 1. The second-order valence-electron chi connectivity index (χ2n) is 11.3. The zero-order valence-electron chi connectivity index (χ0n) is 24.7. The number of pyridine rings is 1. The number of amides is 1. The minimum Gasteiger partial charge on any atom is -0.377 e. The van der Waals surface area contributed by atoms with Crippen molar-refractivity contribution < 1.29 is 9.53 Å². The maximum Gasteiger partial charge on any atom is 0.251 e. The fraction of sp³-hybridized carbons (Fsp3) is 0.484. The summed E-state index contributed by atoms with van der Waals surface area (Å²) in [6.07, 6.45) is 6.14. The van der Waals surface area contributed by atoms with Crippen LogP contribution in [-0.2, 0) is 4.74 Å². The van der Waals surface area contributed by atoms with Crippen LogP contribution in [0.2, 0.25) is 0 Å². The molecule has 4 aromatic heterocycles. The van der Waals surface area contributed by atoms with Gasteiger partial charge in [0.2, 0.25) is 0 Å². The lowest BCUT2D eigenvalue weighted by Gasteiger charge is -2.48. The Morgan fingerprint density at radius 3 is 2.64 bits per heavy atom. The highest BCUT2D eigenvalue weighted by Gasteiger charge is 2.44. The van der Waals surface area contributed by atoms with Crippen molar-refractivity contribution in [2.75, 3.05) is 57.8 Å². The van der Waals surface area contributed by atoms with Gasteiger partial charge in [-0.1, -0.05) is 19.9 Å². The average molecular weight is 589 g/mol. The Hall–Kier alpha value is -3.38. The van der Waals surface area contributed by atoms with Crippen molar-refractivity contribution in [2.24, 2.45) is 0 Å². The zero-order chi connectivity index (χ0) is 29.1. The third kappa shape index (κ3) is 5.78. The van der Waals surface area contributed by atoms with E-state index < -0.39 is 0 Å². The van der Waals surface area contributed by atoms with Gasteiger partial charge in [-0.05, 0) is 75.6 Å². The highest BCUT2D eigenvalue weighted by Crippen LogP contribution is 2.31. The first-order valence-electron chi connectivity index (χ1n) is 15.0. The van der Waals surface area contributed by atoms with Crippen molar-refractivity contribution >= 4 is 28.7 Å². The number of carbonyl (C=O) groups excluding carboxylic acids is 1. The molecule has 0 bridgehead atoms. The number of hydrogen-bond donors (Lipinski definition) is 2. The number of nitrogens with zero attached hydrogens (tertiary/aromatic N) is 6. The SMILES string of the molecule is CCN(CC)C(C)CNC(=O)c1cc(NCC2(N3CCCC3)COC2)nc(-c2cnn3ccc(-c4cccs4)nc23)c1. The molecule has 6 heterocycles. The number of carbonyl (C=O) groups is 1. The van der Waals surface area contributed by atoms with Crippen molar-refractivity contribution in [3.63, 3.8) is 0 Å². The largest absolute Gasteiger partial charge is 0.377 e. The van der Waals surface area contributed by atoms with E-state index in [9.17, 15) is 4.79 Å². The number of aromatic nitrogens is 4. The van der Waals surface area contributed by atoms with Gasteiger partial charge in [0.05, 0.1) is 46.8 Å². The molecule has 42 heavy (non-hydrogen) atoms. The maximum atomic E-state index is 13.5. The van der Waals surface area contributed by atoms with Crippen LogP contribution in [0.5, 0.6) is 0 Å². The first kappa shape index (κ1) is 28.7. The molecular weight excluding hydrogens is 548 g/mol. The topological polar surface area (TPSA) is 99.9 Å². The van der Waals surface area contributed by atoms with Crippen molar-refractivity contribution in [3.05, 3.63) is 53.7 Å². The molecule has 1 atom stereocenters. The Kier molecular flexibility index (Phi) is 8.53. The summed E-state index contributed by atoms with van der Waals surface area (Å²) < 4.78 is 7.43. The van der Waals surface area contributed by atoms with Gasteiger partial charge in [0.15, 0.2) is 5.65 Å². The van der Waals surface area contributed by atoms with E-state index in [-0.39, 0.29) is 17.5 Å². The maximum absolute atomic E-state index is 13.5. The lowest BCUT2D eigenvalue weighted by atomic mass is 9.95. The predicted octanol–water partition coefficient (Wildman–Crippen LogP) is 4.26. The Balaban J connectivity index is 1.31. The van der Waals surface area contributed by atoms with Gasteiger partial charge in [0.25, 0.3) is 5.91 Å². The number of fused-ring (bicyclic) bond motifs is 1. The molecule has 10 nitrogen and oxygen atoms in total. The average Bonchev–Trinajstić information content (AvgIpc) is 3.78. The van der Waals surface area contributed by atoms with Gasteiger partial charge < -0.3 is 15.4 Å². The van der Waals surface area contributed by atoms with Crippen LogP contribution in [0.4, 0.5) is 5.82 Å². The van der Waals surface area contributed by atoms with Crippen LogP contribution >= 0.6 is 11.3 Å². The van der Waals surface area contributed by atoms with Crippen LogP contribution in [0.25, 0.3) is 27.5 Å². The molecule has 0 radical (unpaired) electrons. The van der Waals surface area contributed by atoms with Crippen LogP contribution in [0.15, 0.2) is 48.1 Å². The predicted molar refractivity (Wildman–Crippen MR) is 167 cm³/mol. The summed E-state index contributed by atoms with van der Waals surface area (Å²) in [5.74, 6) is 0.541. The Labute approximate surface area is 251 Å². The smallest absolute Gasteiger partial charge is 0.251 e. The fourth-order valence-corrected chi connectivity index (χ4v) is 6.70. The fourth-order valence-electron chi connectivity index (χ4n) is 6.00. The summed E-state index contributed by atoms with van der Waals surface area (Å²) in [6.45, 7) is 13.2. The van der Waals surface area contributed by atoms with Crippen molar-refractivity contribution in [1.82, 2.24) is 34.7 Å². The Morgan fingerprint density at radius 2 is 1.95 bits per heavy atom. The molecular formula is C31H40N8O2S. The van der Waals surface area contributed by atoms with Gasteiger partial charge in [-0.25, -0.2) is 14.5 Å². The highest BCUT2D eigenvalue weighted by atomic mass is 32.1. The summed E-state index contributed by atoms with van der Waals surface area (Å²) in [6, 6.07) is 9.99. The monoisotopic (exact) mass is 588 g/mol. The van der Waals surface area contributed by atoms with Crippen LogP contribution < -0.4 is 10.6 Å². The highest BCUT2D eigenvalue weighted by molar-refractivity contribution is 7.13. The second kappa shape index (κ2) is 12.5. The van der Waals surface area contributed by atoms with E-state index >= 15 is 0 Å². The first-order chi connectivity index (χ1) is 20.5. The normalized spacial score (nSPS) is 17.4. The van der Waals surface area contributed by atoms with Crippen molar-refractivity contribution in [3.8, 4) is 21.8 Å². The molecule has 0 aromatic carbocycles.